The van der Waals surface area contributed by atoms with Crippen LogP contribution in [0.2, 0.25) is 4.34 Å². The SMILES string of the molecule is CC[C@H](C)[C@H](N=C1NS(=O)(=O)c2ccccc21)C(=O)N(C)Cc1ccc(Cl)s1. The number of nitrogens with one attached hydrogen (secondary N) is 1. The quantitative estimate of drug-likeness (QED) is 0.747. The molecule has 150 valence electrons. The second-order valence-corrected chi connectivity index (χ2v) is 10.3. The lowest BCUT2D eigenvalue weighted by Crippen LogP contribution is -2.40. The Bertz CT molecular complexity index is 1020. The fourth-order valence-corrected chi connectivity index (χ4v) is 5.37. The largest absolute Gasteiger partial charge is 0.339 e. The van der Waals surface area contributed by atoms with Gasteiger partial charge in [0.15, 0.2) is 0 Å². The van der Waals surface area contributed by atoms with Gasteiger partial charge in [-0.2, -0.15) is 0 Å². The van der Waals surface area contributed by atoms with Crippen LogP contribution in [0.5, 0.6) is 0 Å². The first-order valence-corrected chi connectivity index (χ1v) is 11.6. The highest BCUT2D eigenvalue weighted by Gasteiger charge is 2.33. The van der Waals surface area contributed by atoms with Gasteiger partial charge in [0.2, 0.25) is 5.91 Å². The predicted octanol–water partition coefficient (Wildman–Crippen LogP) is 3.51. The van der Waals surface area contributed by atoms with Gasteiger partial charge in [-0.25, -0.2) is 8.42 Å². The van der Waals surface area contributed by atoms with Crippen molar-refractivity contribution in [3.8, 4) is 0 Å². The molecule has 0 saturated heterocycles. The van der Waals surface area contributed by atoms with E-state index in [1.54, 1.807) is 36.2 Å². The Labute approximate surface area is 174 Å². The number of likely N-dealkylation sites (N-methyl/N-ethyl adjacent to an activating group) is 1. The summed E-state index contributed by atoms with van der Waals surface area (Å²) < 4.78 is 27.8. The number of rotatable bonds is 6. The van der Waals surface area contributed by atoms with E-state index in [-0.39, 0.29) is 22.6 Å². The molecule has 2 heterocycles. The number of halogens is 1. The Morgan fingerprint density at radius 1 is 1.29 bits per heavy atom. The summed E-state index contributed by atoms with van der Waals surface area (Å²) in [5.74, 6) is 0.0170. The highest BCUT2D eigenvalue weighted by Crippen LogP contribution is 2.26. The third-order valence-corrected chi connectivity index (χ3v) is 7.38. The number of hydrogen-bond acceptors (Lipinski definition) is 5. The number of amides is 1. The molecule has 1 aliphatic rings. The maximum Gasteiger partial charge on any atom is 0.263 e. The molecule has 0 fully saturated rings. The highest BCUT2D eigenvalue weighted by atomic mass is 35.5. The molecule has 0 aliphatic carbocycles. The number of hydrogen-bond donors (Lipinski definition) is 1. The average Bonchev–Trinajstić information content (AvgIpc) is 3.19. The summed E-state index contributed by atoms with van der Waals surface area (Å²) in [6.45, 7) is 4.35. The minimum absolute atomic E-state index is 0.0494. The van der Waals surface area contributed by atoms with Gasteiger partial charge in [-0.05, 0) is 30.2 Å². The molecule has 6 nitrogen and oxygen atoms in total. The molecule has 0 unspecified atom stereocenters. The van der Waals surface area contributed by atoms with E-state index in [0.29, 0.717) is 16.4 Å². The summed E-state index contributed by atoms with van der Waals surface area (Å²) in [5, 5.41) is 0. The van der Waals surface area contributed by atoms with Crippen LogP contribution in [0.15, 0.2) is 46.3 Å². The number of thiophene rings is 1. The average molecular weight is 440 g/mol. The molecule has 3 rings (SSSR count). The van der Waals surface area contributed by atoms with Crippen LogP contribution in [0, 0.1) is 5.92 Å². The summed E-state index contributed by atoms with van der Waals surface area (Å²) in [6.07, 6.45) is 0.736. The molecule has 0 radical (unpaired) electrons. The van der Waals surface area contributed by atoms with E-state index in [9.17, 15) is 13.2 Å². The summed E-state index contributed by atoms with van der Waals surface area (Å²) in [6, 6.07) is 9.66. The van der Waals surface area contributed by atoms with Gasteiger partial charge in [0.1, 0.15) is 11.9 Å². The van der Waals surface area contributed by atoms with Crippen molar-refractivity contribution in [3.63, 3.8) is 0 Å². The maximum atomic E-state index is 13.1. The Balaban J connectivity index is 1.91. The smallest absolute Gasteiger partial charge is 0.263 e. The summed E-state index contributed by atoms with van der Waals surface area (Å²) in [7, 11) is -1.92. The van der Waals surface area contributed by atoms with Gasteiger partial charge in [0, 0.05) is 17.5 Å². The standard InChI is InChI=1S/C19H22ClN3O3S2/c1-4-12(2)17(19(24)23(3)11-13-9-10-16(20)27-13)21-18-14-7-5-6-8-15(14)28(25,26)22-18/h5-10,12,17H,4,11H2,1-3H3,(H,21,22)/t12-,17-/m0/s1. The van der Waals surface area contributed by atoms with E-state index in [4.69, 9.17) is 11.6 Å². The van der Waals surface area contributed by atoms with Crippen molar-refractivity contribution < 1.29 is 13.2 Å². The van der Waals surface area contributed by atoms with Crippen LogP contribution in [0.3, 0.4) is 0 Å². The zero-order valence-electron chi connectivity index (χ0n) is 15.8. The van der Waals surface area contributed by atoms with E-state index in [1.807, 2.05) is 19.9 Å². The van der Waals surface area contributed by atoms with Crippen LogP contribution in [0.1, 0.15) is 30.7 Å². The van der Waals surface area contributed by atoms with Crippen LogP contribution in [-0.2, 0) is 21.4 Å². The van der Waals surface area contributed by atoms with Gasteiger partial charge in [-0.15, -0.1) is 11.3 Å². The van der Waals surface area contributed by atoms with Gasteiger partial charge in [0.05, 0.1) is 15.8 Å². The predicted molar refractivity (Wildman–Crippen MR) is 112 cm³/mol. The Hall–Kier alpha value is -1.90. The van der Waals surface area contributed by atoms with Crippen molar-refractivity contribution in [2.24, 2.45) is 10.9 Å². The lowest BCUT2D eigenvalue weighted by atomic mass is 9.98. The normalized spacial score (nSPS) is 18.4. The number of carbonyl (C=O) groups is 1. The van der Waals surface area contributed by atoms with Crippen LogP contribution >= 0.6 is 22.9 Å². The van der Waals surface area contributed by atoms with E-state index in [2.05, 4.69) is 9.71 Å². The Morgan fingerprint density at radius 3 is 2.64 bits per heavy atom. The molecule has 0 bridgehead atoms. The van der Waals surface area contributed by atoms with Gasteiger partial charge in [-0.3, -0.25) is 14.5 Å². The third kappa shape index (κ3) is 4.24. The van der Waals surface area contributed by atoms with E-state index < -0.39 is 16.1 Å². The van der Waals surface area contributed by atoms with Gasteiger partial charge >= 0.3 is 0 Å². The molecule has 0 saturated carbocycles. The first kappa shape index (κ1) is 20.8. The molecule has 28 heavy (non-hydrogen) atoms. The molecule has 1 amide bonds. The van der Waals surface area contributed by atoms with E-state index >= 15 is 0 Å². The lowest BCUT2D eigenvalue weighted by molar-refractivity contribution is -0.132. The molecule has 1 N–H and O–H groups in total. The molecular formula is C19H22ClN3O3S2. The molecule has 9 heteroatoms. The molecule has 2 atom stereocenters. The fraction of sp³-hybridized carbons (Fsp3) is 0.368. The molecule has 1 aliphatic heterocycles. The third-order valence-electron chi connectivity index (χ3n) is 4.76. The highest BCUT2D eigenvalue weighted by molar-refractivity contribution is 7.90. The molecular weight excluding hydrogens is 418 g/mol. The van der Waals surface area contributed by atoms with Crippen molar-refractivity contribution in [1.82, 2.24) is 9.62 Å². The second kappa shape index (κ2) is 8.23. The molecule has 1 aromatic carbocycles. The number of aliphatic imine (C=N–C) groups is 1. The number of sulfonamides is 1. The zero-order valence-corrected chi connectivity index (χ0v) is 18.2. The number of fused-ring (bicyclic) bond motifs is 1. The number of benzene rings is 1. The van der Waals surface area contributed by atoms with Gasteiger partial charge < -0.3 is 4.90 Å². The van der Waals surface area contributed by atoms with Crippen LogP contribution in [0.4, 0.5) is 0 Å². The van der Waals surface area contributed by atoms with E-state index in [1.165, 1.54) is 17.4 Å². The van der Waals surface area contributed by atoms with Crippen molar-refractivity contribution >= 4 is 44.7 Å². The van der Waals surface area contributed by atoms with Crippen molar-refractivity contribution in [2.75, 3.05) is 7.05 Å². The minimum atomic E-state index is -3.64. The Kier molecular flexibility index (Phi) is 6.12. The monoisotopic (exact) mass is 439 g/mol. The van der Waals surface area contributed by atoms with Gasteiger partial charge in [-0.1, -0.05) is 44.0 Å². The maximum absolute atomic E-state index is 13.1. The lowest BCUT2D eigenvalue weighted by Gasteiger charge is -2.25. The van der Waals surface area contributed by atoms with Crippen molar-refractivity contribution in [3.05, 3.63) is 51.2 Å². The second-order valence-electron chi connectivity index (χ2n) is 6.81. The molecule has 2 aromatic rings. The fourth-order valence-electron chi connectivity index (χ4n) is 2.99. The zero-order chi connectivity index (χ0) is 20.5. The molecule has 1 aromatic heterocycles. The van der Waals surface area contributed by atoms with Crippen LogP contribution in [0.25, 0.3) is 0 Å². The summed E-state index contributed by atoms with van der Waals surface area (Å²) in [5.41, 5.74) is 0.497. The van der Waals surface area contributed by atoms with Gasteiger partial charge in [0.25, 0.3) is 10.0 Å². The van der Waals surface area contributed by atoms with E-state index in [0.717, 1.165) is 11.3 Å². The molecule has 0 spiro atoms. The number of carbonyl (C=O) groups excluding carboxylic acids is 1. The van der Waals surface area contributed by atoms with Crippen molar-refractivity contribution in [2.45, 2.75) is 37.8 Å². The first-order chi connectivity index (χ1) is 13.2. The summed E-state index contributed by atoms with van der Waals surface area (Å²) >= 11 is 7.40. The first-order valence-electron chi connectivity index (χ1n) is 8.92. The van der Waals surface area contributed by atoms with Crippen LogP contribution < -0.4 is 4.72 Å². The van der Waals surface area contributed by atoms with Crippen LogP contribution in [-0.4, -0.2) is 38.2 Å². The topological polar surface area (TPSA) is 78.8 Å². The Morgan fingerprint density at radius 2 is 2.00 bits per heavy atom. The minimum Gasteiger partial charge on any atom is -0.339 e. The van der Waals surface area contributed by atoms with Crippen molar-refractivity contribution in [1.29, 1.82) is 0 Å². The number of nitrogens with zero attached hydrogens (tertiary/aromatic N) is 2. The summed E-state index contributed by atoms with van der Waals surface area (Å²) in [4.78, 5) is 20.5. The number of amidine groups is 1.